The Balaban J connectivity index is 1.65. The van der Waals surface area contributed by atoms with E-state index < -0.39 is 0 Å². The highest BCUT2D eigenvalue weighted by Crippen LogP contribution is 2.26. The first-order chi connectivity index (χ1) is 10.3. The van der Waals surface area contributed by atoms with Gasteiger partial charge in [0.05, 0.1) is 11.3 Å². The third kappa shape index (κ3) is 2.23. The molecule has 2 heterocycles. The SMILES string of the molecule is O=C(Cc1nc2ccccc2o1)c1cc2ccccc2s1. The van der Waals surface area contributed by atoms with Crippen molar-refractivity contribution in [1.29, 1.82) is 0 Å². The molecule has 0 unspecified atom stereocenters. The van der Waals surface area contributed by atoms with Gasteiger partial charge in [0.2, 0.25) is 5.89 Å². The van der Waals surface area contributed by atoms with Crippen LogP contribution in [0.3, 0.4) is 0 Å². The highest BCUT2D eigenvalue weighted by molar-refractivity contribution is 7.20. The number of aromatic nitrogens is 1. The molecule has 0 bridgehead atoms. The van der Waals surface area contributed by atoms with E-state index in [4.69, 9.17) is 4.42 Å². The van der Waals surface area contributed by atoms with Crippen LogP contribution in [0.2, 0.25) is 0 Å². The van der Waals surface area contributed by atoms with E-state index in [1.807, 2.05) is 54.6 Å². The maximum absolute atomic E-state index is 12.4. The van der Waals surface area contributed by atoms with Crippen molar-refractivity contribution in [2.75, 3.05) is 0 Å². The Kier molecular flexibility index (Phi) is 2.82. The lowest BCUT2D eigenvalue weighted by Gasteiger charge is -1.92. The maximum Gasteiger partial charge on any atom is 0.203 e. The van der Waals surface area contributed by atoms with Crippen LogP contribution in [0.25, 0.3) is 21.2 Å². The van der Waals surface area contributed by atoms with E-state index in [0.717, 1.165) is 26.1 Å². The fourth-order valence-corrected chi connectivity index (χ4v) is 3.34. The monoisotopic (exact) mass is 293 g/mol. The van der Waals surface area contributed by atoms with Crippen LogP contribution in [0.15, 0.2) is 59.0 Å². The van der Waals surface area contributed by atoms with E-state index in [0.29, 0.717) is 5.89 Å². The molecule has 0 saturated carbocycles. The van der Waals surface area contributed by atoms with Gasteiger partial charge in [-0.3, -0.25) is 4.79 Å². The number of thiophene rings is 1. The van der Waals surface area contributed by atoms with E-state index in [2.05, 4.69) is 4.98 Å². The van der Waals surface area contributed by atoms with Crippen molar-refractivity contribution in [1.82, 2.24) is 4.98 Å². The van der Waals surface area contributed by atoms with E-state index >= 15 is 0 Å². The largest absolute Gasteiger partial charge is 0.440 e. The number of carbonyl (C=O) groups excluding carboxylic acids is 1. The first-order valence-corrected chi connectivity index (χ1v) is 7.47. The third-order valence-corrected chi connectivity index (χ3v) is 4.51. The van der Waals surface area contributed by atoms with Crippen molar-refractivity contribution in [2.45, 2.75) is 6.42 Å². The second kappa shape index (κ2) is 4.82. The van der Waals surface area contributed by atoms with Crippen LogP contribution in [0, 0.1) is 0 Å². The molecule has 0 saturated heterocycles. The number of Topliss-reactive ketones (excluding diaryl/α,β-unsaturated/α-hetero) is 1. The topological polar surface area (TPSA) is 43.1 Å². The van der Waals surface area contributed by atoms with Crippen molar-refractivity contribution in [2.24, 2.45) is 0 Å². The Morgan fingerprint density at radius 2 is 1.90 bits per heavy atom. The molecule has 0 aliphatic rings. The first kappa shape index (κ1) is 12.3. The summed E-state index contributed by atoms with van der Waals surface area (Å²) < 4.78 is 6.73. The van der Waals surface area contributed by atoms with Gasteiger partial charge in [0, 0.05) is 4.70 Å². The van der Waals surface area contributed by atoms with Gasteiger partial charge in [-0.05, 0) is 29.7 Å². The second-order valence-electron chi connectivity index (χ2n) is 4.82. The summed E-state index contributed by atoms with van der Waals surface area (Å²) in [5, 5.41) is 1.10. The van der Waals surface area contributed by atoms with Crippen LogP contribution in [0.1, 0.15) is 15.6 Å². The highest BCUT2D eigenvalue weighted by Gasteiger charge is 2.14. The zero-order valence-corrected chi connectivity index (χ0v) is 11.9. The van der Waals surface area contributed by atoms with Gasteiger partial charge in [0.1, 0.15) is 5.52 Å². The quantitative estimate of drug-likeness (QED) is 0.523. The first-order valence-electron chi connectivity index (χ1n) is 6.66. The Bertz CT molecular complexity index is 885. The number of hydrogen-bond acceptors (Lipinski definition) is 4. The summed E-state index contributed by atoms with van der Waals surface area (Å²) in [6.45, 7) is 0. The van der Waals surface area contributed by atoms with Gasteiger partial charge in [0.25, 0.3) is 0 Å². The van der Waals surface area contributed by atoms with Gasteiger partial charge < -0.3 is 4.42 Å². The Morgan fingerprint density at radius 1 is 1.10 bits per heavy atom. The molecule has 2 aromatic carbocycles. The van der Waals surface area contributed by atoms with Crippen molar-refractivity contribution in [3.8, 4) is 0 Å². The molecule has 21 heavy (non-hydrogen) atoms. The summed E-state index contributed by atoms with van der Waals surface area (Å²) in [6, 6.07) is 17.5. The molecule has 0 N–H and O–H groups in total. The minimum atomic E-state index is 0.0442. The second-order valence-corrected chi connectivity index (χ2v) is 5.91. The van der Waals surface area contributed by atoms with Crippen molar-refractivity contribution in [3.63, 3.8) is 0 Å². The number of hydrogen-bond donors (Lipinski definition) is 0. The molecule has 0 fully saturated rings. The fraction of sp³-hybridized carbons (Fsp3) is 0.0588. The molecule has 0 aliphatic carbocycles. The summed E-state index contributed by atoms with van der Waals surface area (Å²) in [4.78, 5) is 17.5. The van der Waals surface area contributed by atoms with E-state index in [1.54, 1.807) is 0 Å². The lowest BCUT2D eigenvalue weighted by atomic mass is 10.2. The van der Waals surface area contributed by atoms with Gasteiger partial charge in [-0.2, -0.15) is 0 Å². The summed E-state index contributed by atoms with van der Waals surface area (Å²) in [6.07, 6.45) is 0.196. The molecular formula is C17H11NO2S. The summed E-state index contributed by atoms with van der Waals surface area (Å²) in [5.41, 5.74) is 1.51. The fourth-order valence-electron chi connectivity index (χ4n) is 2.34. The zero-order chi connectivity index (χ0) is 14.2. The van der Waals surface area contributed by atoms with Crippen LogP contribution in [-0.4, -0.2) is 10.8 Å². The van der Waals surface area contributed by atoms with Crippen molar-refractivity contribution >= 4 is 38.3 Å². The van der Waals surface area contributed by atoms with Crippen LogP contribution in [0.4, 0.5) is 0 Å². The molecule has 4 rings (SSSR count). The molecular weight excluding hydrogens is 282 g/mol. The lowest BCUT2D eigenvalue weighted by Crippen LogP contribution is -2.01. The molecule has 0 spiro atoms. The third-order valence-electron chi connectivity index (χ3n) is 3.35. The number of ketones is 1. The normalized spacial score (nSPS) is 11.2. The van der Waals surface area contributed by atoms with Crippen LogP contribution in [0.5, 0.6) is 0 Å². The lowest BCUT2D eigenvalue weighted by molar-refractivity contribution is 0.0990. The average Bonchev–Trinajstić information content (AvgIpc) is 3.10. The number of para-hydroxylation sites is 2. The summed E-state index contributed by atoms with van der Waals surface area (Å²) >= 11 is 1.51. The molecule has 102 valence electrons. The van der Waals surface area contributed by atoms with Crippen LogP contribution >= 0.6 is 11.3 Å². The van der Waals surface area contributed by atoms with Gasteiger partial charge in [-0.15, -0.1) is 11.3 Å². The standard InChI is InChI=1S/C17H11NO2S/c19-13(16-9-11-5-1-4-8-15(11)21-16)10-17-18-12-6-2-3-7-14(12)20-17/h1-9H,10H2. The number of fused-ring (bicyclic) bond motifs is 2. The van der Waals surface area contributed by atoms with Gasteiger partial charge in [-0.1, -0.05) is 30.3 Å². The Morgan fingerprint density at radius 3 is 2.76 bits per heavy atom. The molecule has 0 amide bonds. The van der Waals surface area contributed by atoms with Gasteiger partial charge >= 0.3 is 0 Å². The van der Waals surface area contributed by atoms with Crippen molar-refractivity contribution in [3.05, 3.63) is 65.4 Å². The van der Waals surface area contributed by atoms with E-state index in [1.165, 1.54) is 11.3 Å². The predicted molar refractivity (Wildman–Crippen MR) is 83.9 cm³/mol. The predicted octanol–water partition coefficient (Wildman–Crippen LogP) is 4.47. The number of oxazole rings is 1. The minimum absolute atomic E-state index is 0.0442. The average molecular weight is 293 g/mol. The summed E-state index contributed by atoms with van der Waals surface area (Å²) in [7, 11) is 0. The van der Waals surface area contributed by atoms with Crippen LogP contribution < -0.4 is 0 Å². The molecule has 0 aliphatic heterocycles. The molecule has 4 heteroatoms. The zero-order valence-electron chi connectivity index (χ0n) is 11.1. The number of nitrogens with zero attached hydrogens (tertiary/aromatic N) is 1. The number of benzene rings is 2. The van der Waals surface area contributed by atoms with Crippen molar-refractivity contribution < 1.29 is 9.21 Å². The van der Waals surface area contributed by atoms with E-state index in [-0.39, 0.29) is 12.2 Å². The Labute approximate surface area is 124 Å². The summed E-state index contributed by atoms with van der Waals surface area (Å²) in [5.74, 6) is 0.515. The molecule has 0 radical (unpaired) electrons. The molecule has 0 atom stereocenters. The number of carbonyl (C=O) groups is 1. The minimum Gasteiger partial charge on any atom is -0.440 e. The molecule has 3 nitrogen and oxygen atoms in total. The molecule has 4 aromatic rings. The van der Waals surface area contributed by atoms with E-state index in [9.17, 15) is 4.79 Å². The number of rotatable bonds is 3. The maximum atomic E-state index is 12.4. The van der Waals surface area contributed by atoms with Gasteiger partial charge in [0.15, 0.2) is 11.4 Å². The smallest absolute Gasteiger partial charge is 0.203 e. The van der Waals surface area contributed by atoms with Gasteiger partial charge in [-0.25, -0.2) is 4.98 Å². The Hall–Kier alpha value is -2.46. The van der Waals surface area contributed by atoms with Crippen LogP contribution in [-0.2, 0) is 6.42 Å². The highest BCUT2D eigenvalue weighted by atomic mass is 32.1. The molecule has 2 aromatic heterocycles.